The van der Waals surface area contributed by atoms with Crippen LogP contribution in [-0.2, 0) is 0 Å². The highest BCUT2D eigenvalue weighted by molar-refractivity contribution is 9.10. The van der Waals surface area contributed by atoms with Crippen molar-refractivity contribution in [3.8, 4) is 0 Å². The molecule has 0 aliphatic carbocycles. The van der Waals surface area contributed by atoms with Crippen molar-refractivity contribution in [1.29, 1.82) is 0 Å². The minimum Gasteiger partial charge on any atom is -0.166 e. The molecule has 0 amide bonds. The second-order valence-corrected chi connectivity index (χ2v) is 4.16. The molecule has 0 fully saturated rings. The smallest absolute Gasteiger partial charge is 0.166 e. The molecule has 0 unspecified atom stereocenters. The first-order valence-electron chi connectivity index (χ1n) is 4.69. The first-order valence-corrected chi connectivity index (χ1v) is 5.48. The fraction of sp³-hybridized carbons (Fsp3) is 0. The van der Waals surface area contributed by atoms with Crippen molar-refractivity contribution < 1.29 is 4.57 Å². The quantitative estimate of drug-likeness (QED) is 0.730. The molecule has 74 valence electrons. The van der Waals surface area contributed by atoms with Crippen LogP contribution in [0.1, 0.15) is 5.56 Å². The standard InChI is InChI=1S/C13H11BrN/c1-11(12-6-3-2-4-7-12)15-9-5-8-13(14)10-15/h2-10H,1H2/q+1. The Hall–Kier alpha value is -1.41. The highest BCUT2D eigenvalue weighted by Crippen LogP contribution is 2.10. The molecule has 0 saturated heterocycles. The molecular weight excluding hydrogens is 250 g/mol. The van der Waals surface area contributed by atoms with Gasteiger partial charge in [-0.1, -0.05) is 18.2 Å². The number of rotatable bonds is 2. The highest BCUT2D eigenvalue weighted by Gasteiger charge is 2.09. The molecule has 2 aromatic rings. The van der Waals surface area contributed by atoms with Crippen molar-refractivity contribution in [2.75, 3.05) is 0 Å². The molecule has 0 N–H and O–H groups in total. The van der Waals surface area contributed by atoms with Crippen molar-refractivity contribution in [2.45, 2.75) is 0 Å². The van der Waals surface area contributed by atoms with Gasteiger partial charge in [-0.2, -0.15) is 4.57 Å². The summed E-state index contributed by atoms with van der Waals surface area (Å²) in [6.45, 7) is 4.08. The second kappa shape index (κ2) is 4.41. The SMILES string of the molecule is C=C(c1ccccc1)[n+]1cccc(Br)c1. The third kappa shape index (κ3) is 2.34. The Labute approximate surface area is 97.8 Å². The van der Waals surface area contributed by atoms with Crippen LogP contribution >= 0.6 is 15.9 Å². The monoisotopic (exact) mass is 260 g/mol. The molecule has 0 saturated carbocycles. The summed E-state index contributed by atoms with van der Waals surface area (Å²) in [7, 11) is 0. The predicted octanol–water partition coefficient (Wildman–Crippen LogP) is 3.26. The number of hydrogen-bond donors (Lipinski definition) is 0. The predicted molar refractivity (Wildman–Crippen MR) is 65.2 cm³/mol. The molecule has 2 rings (SSSR count). The van der Waals surface area contributed by atoms with Crippen LogP contribution in [0, 0.1) is 0 Å². The Bertz CT molecular complexity index is 477. The Morgan fingerprint density at radius 1 is 1.07 bits per heavy atom. The summed E-state index contributed by atoms with van der Waals surface area (Å²) < 4.78 is 3.04. The summed E-state index contributed by atoms with van der Waals surface area (Å²) in [6, 6.07) is 14.1. The van der Waals surface area contributed by atoms with Gasteiger partial charge in [0.1, 0.15) is 0 Å². The molecule has 0 bridgehead atoms. The van der Waals surface area contributed by atoms with Gasteiger partial charge >= 0.3 is 0 Å². The Balaban J connectivity index is 2.37. The molecule has 1 nitrogen and oxygen atoms in total. The number of benzene rings is 1. The second-order valence-electron chi connectivity index (χ2n) is 3.24. The van der Waals surface area contributed by atoms with E-state index in [0.717, 1.165) is 15.7 Å². The fourth-order valence-corrected chi connectivity index (χ4v) is 1.77. The molecule has 1 heterocycles. The van der Waals surface area contributed by atoms with E-state index in [1.54, 1.807) is 0 Å². The summed E-state index contributed by atoms with van der Waals surface area (Å²) >= 11 is 3.44. The van der Waals surface area contributed by atoms with E-state index in [0.29, 0.717) is 0 Å². The van der Waals surface area contributed by atoms with Crippen LogP contribution < -0.4 is 4.57 Å². The van der Waals surface area contributed by atoms with Crippen LogP contribution in [0.4, 0.5) is 0 Å². The van der Waals surface area contributed by atoms with E-state index in [4.69, 9.17) is 0 Å². The zero-order valence-electron chi connectivity index (χ0n) is 8.23. The minimum absolute atomic E-state index is 0.969. The Morgan fingerprint density at radius 3 is 2.47 bits per heavy atom. The van der Waals surface area contributed by atoms with Crippen LogP contribution in [0.2, 0.25) is 0 Å². The van der Waals surface area contributed by atoms with Gasteiger partial charge in [-0.05, 0) is 40.7 Å². The van der Waals surface area contributed by atoms with Crippen molar-refractivity contribution in [3.63, 3.8) is 0 Å². The summed E-state index contributed by atoms with van der Waals surface area (Å²) in [4.78, 5) is 0. The summed E-state index contributed by atoms with van der Waals surface area (Å²) in [5, 5.41) is 0. The molecule has 15 heavy (non-hydrogen) atoms. The lowest BCUT2D eigenvalue weighted by Crippen LogP contribution is -2.31. The number of pyridine rings is 1. The van der Waals surface area contributed by atoms with Gasteiger partial charge in [0.15, 0.2) is 12.4 Å². The van der Waals surface area contributed by atoms with Gasteiger partial charge in [0.2, 0.25) is 5.70 Å². The van der Waals surface area contributed by atoms with Crippen molar-refractivity contribution in [2.24, 2.45) is 0 Å². The van der Waals surface area contributed by atoms with Gasteiger partial charge in [-0.15, -0.1) is 0 Å². The Kier molecular flexibility index (Phi) is 2.97. The van der Waals surface area contributed by atoms with Crippen molar-refractivity contribution in [1.82, 2.24) is 0 Å². The summed E-state index contributed by atoms with van der Waals surface area (Å²) in [5.74, 6) is 0. The van der Waals surface area contributed by atoms with E-state index in [9.17, 15) is 0 Å². The maximum absolute atomic E-state index is 4.08. The Morgan fingerprint density at radius 2 is 1.80 bits per heavy atom. The molecule has 0 spiro atoms. The van der Waals surface area contributed by atoms with Crippen LogP contribution in [0.15, 0.2) is 65.9 Å². The zero-order chi connectivity index (χ0) is 10.7. The van der Waals surface area contributed by atoms with Gasteiger partial charge in [0, 0.05) is 11.6 Å². The third-order valence-electron chi connectivity index (χ3n) is 2.18. The van der Waals surface area contributed by atoms with Crippen molar-refractivity contribution in [3.05, 3.63) is 71.5 Å². The molecule has 0 radical (unpaired) electrons. The summed E-state index contributed by atoms with van der Waals surface area (Å²) in [5.41, 5.74) is 2.09. The normalized spacial score (nSPS) is 9.93. The van der Waals surface area contributed by atoms with E-state index in [2.05, 4.69) is 34.6 Å². The van der Waals surface area contributed by atoms with Crippen molar-refractivity contribution >= 4 is 21.6 Å². The van der Waals surface area contributed by atoms with Gasteiger partial charge in [0.25, 0.3) is 0 Å². The van der Waals surface area contributed by atoms with E-state index < -0.39 is 0 Å². The first kappa shape index (κ1) is 10.1. The van der Waals surface area contributed by atoms with Gasteiger partial charge in [-0.25, -0.2) is 0 Å². The van der Waals surface area contributed by atoms with Gasteiger partial charge in [-0.3, -0.25) is 0 Å². The molecule has 0 aliphatic rings. The maximum atomic E-state index is 4.08. The molecular formula is C13H11BrN+. The van der Waals surface area contributed by atoms with Crippen LogP contribution in [0.5, 0.6) is 0 Å². The van der Waals surface area contributed by atoms with E-state index in [-0.39, 0.29) is 0 Å². The lowest BCUT2D eigenvalue weighted by molar-refractivity contribution is -0.579. The lowest BCUT2D eigenvalue weighted by Gasteiger charge is -1.99. The number of halogens is 1. The number of nitrogens with zero attached hydrogens (tertiary/aromatic N) is 1. The first-order chi connectivity index (χ1) is 7.27. The number of hydrogen-bond acceptors (Lipinski definition) is 0. The average Bonchev–Trinajstić information content (AvgIpc) is 2.29. The molecule has 0 atom stereocenters. The maximum Gasteiger partial charge on any atom is 0.210 e. The fourth-order valence-electron chi connectivity index (χ4n) is 1.39. The molecule has 2 heteroatoms. The van der Waals surface area contributed by atoms with E-state index in [1.807, 2.05) is 47.3 Å². The van der Waals surface area contributed by atoms with E-state index >= 15 is 0 Å². The molecule has 1 aromatic carbocycles. The van der Waals surface area contributed by atoms with Gasteiger partial charge in [0.05, 0.1) is 4.47 Å². The minimum atomic E-state index is 0.969. The highest BCUT2D eigenvalue weighted by atomic mass is 79.9. The van der Waals surface area contributed by atoms with Crippen LogP contribution in [0.3, 0.4) is 0 Å². The molecule has 1 aromatic heterocycles. The van der Waals surface area contributed by atoms with Crippen LogP contribution in [0.25, 0.3) is 5.70 Å². The lowest BCUT2D eigenvalue weighted by atomic mass is 10.2. The topological polar surface area (TPSA) is 3.88 Å². The average molecular weight is 261 g/mol. The zero-order valence-corrected chi connectivity index (χ0v) is 9.81. The van der Waals surface area contributed by atoms with Gasteiger partial charge < -0.3 is 0 Å². The largest absolute Gasteiger partial charge is 0.210 e. The van der Waals surface area contributed by atoms with E-state index in [1.165, 1.54) is 0 Å². The number of aromatic nitrogens is 1. The van der Waals surface area contributed by atoms with Crippen LogP contribution in [-0.4, -0.2) is 0 Å². The molecule has 0 aliphatic heterocycles. The third-order valence-corrected chi connectivity index (χ3v) is 2.65. The summed E-state index contributed by atoms with van der Waals surface area (Å²) in [6.07, 6.45) is 3.98.